The van der Waals surface area contributed by atoms with E-state index in [2.05, 4.69) is 0 Å². The summed E-state index contributed by atoms with van der Waals surface area (Å²) in [7, 11) is 0. The lowest BCUT2D eigenvalue weighted by atomic mass is 10.0. The maximum absolute atomic E-state index is 10.1. The van der Waals surface area contributed by atoms with Crippen LogP contribution < -0.4 is 0 Å². The molecule has 0 spiro atoms. The van der Waals surface area contributed by atoms with E-state index in [0.717, 1.165) is 0 Å². The maximum atomic E-state index is 10.1. The highest BCUT2D eigenvalue weighted by atomic mass is 35.5. The van der Waals surface area contributed by atoms with E-state index in [4.69, 9.17) is 39.2 Å². The molecule has 1 atom stereocenters. The van der Waals surface area contributed by atoms with Gasteiger partial charge in [0.2, 0.25) is 0 Å². The van der Waals surface area contributed by atoms with Crippen LogP contribution in [0.3, 0.4) is 0 Å². The van der Waals surface area contributed by atoms with Crippen LogP contribution in [0.15, 0.2) is 34.9 Å². The number of rotatable bonds is 2. The van der Waals surface area contributed by atoms with Crippen molar-refractivity contribution in [1.29, 1.82) is 0 Å². The third-order valence-corrected chi connectivity index (χ3v) is 3.36. The fraction of sp³-hybridized carbons (Fsp3) is 0.0909. The molecule has 0 amide bonds. The fourth-order valence-electron chi connectivity index (χ4n) is 1.40. The first-order valence-electron chi connectivity index (χ1n) is 4.46. The minimum atomic E-state index is -0.947. The van der Waals surface area contributed by atoms with Gasteiger partial charge in [0.1, 0.15) is 6.10 Å². The molecular formula is C11H7Cl3O2. The number of aliphatic hydroxyl groups excluding tert-OH is 1. The first-order chi connectivity index (χ1) is 7.61. The zero-order chi connectivity index (χ0) is 11.7. The Morgan fingerprint density at radius 1 is 1.06 bits per heavy atom. The average molecular weight is 278 g/mol. The normalized spacial score (nSPS) is 12.8. The highest BCUT2D eigenvalue weighted by Gasteiger charge is 2.19. The Balaban J connectivity index is 2.46. The third kappa shape index (κ3) is 2.06. The summed E-state index contributed by atoms with van der Waals surface area (Å²) in [5, 5.41) is 10.9. The molecular weight excluding hydrogens is 270 g/mol. The van der Waals surface area contributed by atoms with Gasteiger partial charge in [0, 0.05) is 11.1 Å². The zero-order valence-corrected chi connectivity index (χ0v) is 10.2. The molecule has 0 saturated heterocycles. The lowest BCUT2D eigenvalue weighted by Crippen LogP contribution is -1.99. The van der Waals surface area contributed by atoms with Crippen molar-refractivity contribution in [3.8, 4) is 0 Å². The van der Waals surface area contributed by atoms with Crippen molar-refractivity contribution in [2.45, 2.75) is 6.10 Å². The van der Waals surface area contributed by atoms with Crippen LogP contribution in [0.1, 0.15) is 17.2 Å². The van der Waals surface area contributed by atoms with E-state index in [1.807, 2.05) is 0 Å². The van der Waals surface area contributed by atoms with E-state index in [9.17, 15) is 5.11 Å². The summed E-state index contributed by atoms with van der Waals surface area (Å²) in [6, 6.07) is 6.63. The van der Waals surface area contributed by atoms with Crippen LogP contribution in [0.2, 0.25) is 15.3 Å². The van der Waals surface area contributed by atoms with Gasteiger partial charge < -0.3 is 9.52 Å². The van der Waals surface area contributed by atoms with Gasteiger partial charge in [0.05, 0.1) is 16.3 Å². The molecule has 0 saturated carbocycles. The van der Waals surface area contributed by atoms with Crippen LogP contribution in [0.4, 0.5) is 0 Å². The van der Waals surface area contributed by atoms with Crippen LogP contribution in [0, 0.1) is 0 Å². The van der Waals surface area contributed by atoms with Crippen molar-refractivity contribution >= 4 is 34.8 Å². The lowest BCUT2D eigenvalue weighted by molar-refractivity contribution is 0.219. The summed E-state index contributed by atoms with van der Waals surface area (Å²) in [6.45, 7) is 0. The van der Waals surface area contributed by atoms with E-state index < -0.39 is 6.10 Å². The molecule has 1 aromatic carbocycles. The molecule has 84 valence electrons. The van der Waals surface area contributed by atoms with Gasteiger partial charge in [0.15, 0.2) is 5.22 Å². The summed E-state index contributed by atoms with van der Waals surface area (Å²) in [6.07, 6.45) is 0.455. The first-order valence-corrected chi connectivity index (χ1v) is 5.59. The highest BCUT2D eigenvalue weighted by molar-refractivity contribution is 6.42. The van der Waals surface area contributed by atoms with Crippen molar-refractivity contribution in [2.24, 2.45) is 0 Å². The largest absolute Gasteiger partial charge is 0.453 e. The fourth-order valence-corrected chi connectivity index (χ4v) is 2.03. The minimum Gasteiger partial charge on any atom is -0.453 e. The number of aliphatic hydroxyl groups is 1. The molecule has 2 rings (SSSR count). The first kappa shape index (κ1) is 11.8. The van der Waals surface area contributed by atoms with E-state index in [-0.39, 0.29) is 5.22 Å². The minimum absolute atomic E-state index is 0.142. The van der Waals surface area contributed by atoms with E-state index >= 15 is 0 Å². The van der Waals surface area contributed by atoms with Crippen LogP contribution >= 0.6 is 34.8 Å². The number of halogens is 3. The molecule has 1 unspecified atom stereocenters. The molecule has 0 aliphatic heterocycles. The summed E-state index contributed by atoms with van der Waals surface area (Å²) < 4.78 is 4.91. The van der Waals surface area contributed by atoms with Crippen molar-refractivity contribution < 1.29 is 9.52 Å². The zero-order valence-electron chi connectivity index (χ0n) is 7.95. The summed E-state index contributed by atoms with van der Waals surface area (Å²) in [4.78, 5) is 0. The van der Waals surface area contributed by atoms with Crippen LogP contribution in [-0.2, 0) is 0 Å². The molecule has 16 heavy (non-hydrogen) atoms. The number of benzene rings is 1. The van der Waals surface area contributed by atoms with E-state index in [0.29, 0.717) is 21.2 Å². The molecule has 2 aromatic rings. The quantitative estimate of drug-likeness (QED) is 0.887. The molecule has 0 radical (unpaired) electrons. The van der Waals surface area contributed by atoms with Crippen LogP contribution in [0.5, 0.6) is 0 Å². The number of furan rings is 1. The van der Waals surface area contributed by atoms with Gasteiger partial charge >= 0.3 is 0 Å². The Morgan fingerprint density at radius 2 is 1.81 bits per heavy atom. The molecule has 1 aromatic heterocycles. The standard InChI is InChI=1S/C11H7Cl3O2/c12-8-3-1-2-6(9(8)13)10(15)7-4-5-16-11(7)14/h1-5,10,15H. The molecule has 0 bridgehead atoms. The lowest BCUT2D eigenvalue weighted by Gasteiger charge is -2.12. The molecule has 0 fully saturated rings. The highest BCUT2D eigenvalue weighted by Crippen LogP contribution is 2.35. The van der Waals surface area contributed by atoms with E-state index in [1.165, 1.54) is 6.26 Å². The van der Waals surface area contributed by atoms with Gasteiger partial charge in [0.25, 0.3) is 0 Å². The van der Waals surface area contributed by atoms with Crippen molar-refractivity contribution in [2.75, 3.05) is 0 Å². The van der Waals surface area contributed by atoms with Gasteiger partial charge in [-0.2, -0.15) is 0 Å². The molecule has 1 N–H and O–H groups in total. The summed E-state index contributed by atoms with van der Waals surface area (Å²) in [5.41, 5.74) is 0.961. The predicted octanol–water partition coefficient (Wildman–Crippen LogP) is 4.32. The second kappa shape index (κ2) is 4.68. The average Bonchev–Trinajstić information content (AvgIpc) is 2.68. The smallest absolute Gasteiger partial charge is 0.199 e. The molecule has 0 aliphatic rings. The van der Waals surface area contributed by atoms with Crippen molar-refractivity contribution in [1.82, 2.24) is 0 Å². The third-order valence-electron chi connectivity index (χ3n) is 2.22. The van der Waals surface area contributed by atoms with Crippen molar-refractivity contribution in [3.63, 3.8) is 0 Å². The monoisotopic (exact) mass is 276 g/mol. The van der Waals surface area contributed by atoms with Crippen molar-refractivity contribution in [3.05, 3.63) is 56.9 Å². The number of hydrogen-bond donors (Lipinski definition) is 1. The molecule has 5 heteroatoms. The SMILES string of the molecule is OC(c1ccoc1Cl)c1cccc(Cl)c1Cl. The van der Waals surface area contributed by atoms with Gasteiger partial charge in [-0.1, -0.05) is 35.3 Å². The van der Waals surface area contributed by atoms with Gasteiger partial charge in [-0.3, -0.25) is 0 Å². The Morgan fingerprint density at radius 3 is 2.44 bits per heavy atom. The number of hydrogen-bond acceptors (Lipinski definition) is 2. The van der Waals surface area contributed by atoms with Gasteiger partial charge in [-0.05, 0) is 23.7 Å². The van der Waals surface area contributed by atoms with Crippen LogP contribution in [0.25, 0.3) is 0 Å². The van der Waals surface area contributed by atoms with Gasteiger partial charge in [-0.15, -0.1) is 0 Å². The van der Waals surface area contributed by atoms with Crippen LogP contribution in [-0.4, -0.2) is 5.11 Å². The Labute approximate surface area is 107 Å². The topological polar surface area (TPSA) is 33.4 Å². The molecule has 1 heterocycles. The molecule has 0 aliphatic carbocycles. The Kier molecular flexibility index (Phi) is 3.45. The Bertz CT molecular complexity index is 508. The predicted molar refractivity (Wildman–Crippen MR) is 64.2 cm³/mol. The Hall–Kier alpha value is -0.670. The second-order valence-electron chi connectivity index (χ2n) is 3.20. The molecule has 2 nitrogen and oxygen atoms in total. The van der Waals surface area contributed by atoms with E-state index in [1.54, 1.807) is 24.3 Å². The summed E-state index contributed by atoms with van der Waals surface area (Å²) in [5.74, 6) is 0. The second-order valence-corrected chi connectivity index (χ2v) is 4.32. The maximum Gasteiger partial charge on any atom is 0.199 e. The summed E-state index contributed by atoms with van der Waals surface area (Å²) >= 11 is 17.6. The van der Waals surface area contributed by atoms with Gasteiger partial charge in [-0.25, -0.2) is 0 Å².